The maximum absolute atomic E-state index is 11.4. The van der Waals surface area contributed by atoms with E-state index in [1.165, 1.54) is 25.3 Å². The van der Waals surface area contributed by atoms with E-state index in [0.29, 0.717) is 11.5 Å². The summed E-state index contributed by atoms with van der Waals surface area (Å²) in [6.07, 6.45) is 0.699. The lowest BCUT2D eigenvalue weighted by molar-refractivity contribution is 0.0558. The minimum atomic E-state index is -3.23. The average Bonchev–Trinajstić information content (AvgIpc) is 2.96. The van der Waals surface area contributed by atoms with Crippen molar-refractivity contribution >= 4 is 15.8 Å². The molecule has 6 nitrogen and oxygen atoms in total. The topological polar surface area (TPSA) is 82.8 Å². The van der Waals surface area contributed by atoms with Gasteiger partial charge in [0.15, 0.2) is 15.9 Å². The summed E-state index contributed by atoms with van der Waals surface area (Å²) in [5.74, 6) is 0.500. The molecule has 1 heterocycles. The Balaban J connectivity index is 2.10. The van der Waals surface area contributed by atoms with Gasteiger partial charge < -0.3 is 13.9 Å². The number of hydrogen-bond acceptors (Lipinski definition) is 6. The third kappa shape index (κ3) is 3.67. The van der Waals surface area contributed by atoms with Gasteiger partial charge in [-0.2, -0.15) is 0 Å². The first-order valence-electron chi connectivity index (χ1n) is 6.46. The first-order chi connectivity index (χ1) is 10.3. The first-order valence-corrected chi connectivity index (χ1v) is 8.35. The van der Waals surface area contributed by atoms with E-state index in [2.05, 4.69) is 4.74 Å². The predicted octanol–water partition coefficient (Wildman–Crippen LogP) is 2.61. The second kappa shape index (κ2) is 6.23. The molecule has 0 fully saturated rings. The van der Waals surface area contributed by atoms with Crippen LogP contribution in [0.25, 0.3) is 0 Å². The second-order valence-corrected chi connectivity index (χ2v) is 6.71. The van der Waals surface area contributed by atoms with Crippen LogP contribution in [0.15, 0.2) is 45.7 Å². The lowest BCUT2D eigenvalue weighted by Gasteiger charge is -2.12. The quantitative estimate of drug-likeness (QED) is 0.786. The summed E-state index contributed by atoms with van der Waals surface area (Å²) in [7, 11) is -1.96. The van der Waals surface area contributed by atoms with Crippen LogP contribution >= 0.6 is 0 Å². The van der Waals surface area contributed by atoms with E-state index in [-0.39, 0.29) is 10.7 Å². The largest absolute Gasteiger partial charge is 0.483 e. The van der Waals surface area contributed by atoms with E-state index in [4.69, 9.17) is 9.15 Å². The molecular weight excluding hydrogens is 308 g/mol. The molecule has 0 aliphatic heterocycles. The summed E-state index contributed by atoms with van der Waals surface area (Å²) in [5, 5.41) is 0. The fourth-order valence-electron chi connectivity index (χ4n) is 1.81. The minimum absolute atomic E-state index is 0.0976. The maximum atomic E-state index is 11.4. The van der Waals surface area contributed by atoms with Gasteiger partial charge in [-0.05, 0) is 43.3 Å². The Hall–Kier alpha value is -2.28. The van der Waals surface area contributed by atoms with Crippen molar-refractivity contribution in [2.24, 2.45) is 0 Å². The highest BCUT2D eigenvalue weighted by atomic mass is 32.2. The highest BCUT2D eigenvalue weighted by Crippen LogP contribution is 2.24. The highest BCUT2D eigenvalue weighted by molar-refractivity contribution is 7.90. The molecule has 2 aromatic rings. The van der Waals surface area contributed by atoms with Crippen LogP contribution in [0.2, 0.25) is 0 Å². The molecule has 0 spiro atoms. The minimum Gasteiger partial charge on any atom is -0.483 e. The van der Waals surface area contributed by atoms with Crippen molar-refractivity contribution in [1.82, 2.24) is 0 Å². The van der Waals surface area contributed by atoms with Gasteiger partial charge in [-0.1, -0.05) is 0 Å². The van der Waals surface area contributed by atoms with Crippen molar-refractivity contribution in [3.05, 3.63) is 47.9 Å². The van der Waals surface area contributed by atoms with E-state index in [9.17, 15) is 13.2 Å². The van der Waals surface area contributed by atoms with Crippen LogP contribution in [-0.4, -0.2) is 27.8 Å². The zero-order chi connectivity index (χ0) is 16.3. The van der Waals surface area contributed by atoms with Crippen molar-refractivity contribution in [2.75, 3.05) is 13.4 Å². The van der Waals surface area contributed by atoms with E-state index >= 15 is 0 Å². The predicted molar refractivity (Wildman–Crippen MR) is 78.6 cm³/mol. The van der Waals surface area contributed by atoms with Gasteiger partial charge in [0.25, 0.3) is 0 Å². The molecule has 0 aliphatic rings. The molecule has 0 saturated heterocycles. The van der Waals surface area contributed by atoms with E-state index in [1.54, 1.807) is 25.1 Å². The van der Waals surface area contributed by atoms with Crippen LogP contribution in [0.3, 0.4) is 0 Å². The van der Waals surface area contributed by atoms with Crippen LogP contribution in [0.4, 0.5) is 0 Å². The Kier molecular flexibility index (Phi) is 4.56. The van der Waals surface area contributed by atoms with Crippen LogP contribution in [0.5, 0.6) is 5.75 Å². The Bertz CT molecular complexity index is 758. The van der Waals surface area contributed by atoms with Gasteiger partial charge in [-0.15, -0.1) is 0 Å². The van der Waals surface area contributed by atoms with Gasteiger partial charge in [0.1, 0.15) is 11.5 Å². The van der Waals surface area contributed by atoms with Crippen molar-refractivity contribution < 1.29 is 27.1 Å². The molecule has 0 amide bonds. The second-order valence-electron chi connectivity index (χ2n) is 4.70. The molecule has 0 N–H and O–H groups in total. The number of carbonyl (C=O) groups is 1. The van der Waals surface area contributed by atoms with Crippen LogP contribution in [0.1, 0.15) is 29.3 Å². The monoisotopic (exact) mass is 324 g/mol. The third-order valence-electron chi connectivity index (χ3n) is 2.98. The Morgan fingerprint density at radius 1 is 1.14 bits per heavy atom. The van der Waals surface area contributed by atoms with Gasteiger partial charge in [-0.3, -0.25) is 0 Å². The van der Waals surface area contributed by atoms with Crippen LogP contribution in [0, 0.1) is 0 Å². The first kappa shape index (κ1) is 16.1. The lowest BCUT2D eigenvalue weighted by Crippen LogP contribution is -2.03. The molecule has 0 bridgehead atoms. The molecule has 0 radical (unpaired) electrons. The summed E-state index contributed by atoms with van der Waals surface area (Å²) in [4.78, 5) is 11.5. The van der Waals surface area contributed by atoms with Crippen molar-refractivity contribution in [2.45, 2.75) is 17.9 Å². The van der Waals surface area contributed by atoms with Crippen LogP contribution < -0.4 is 4.74 Å². The van der Waals surface area contributed by atoms with E-state index in [0.717, 1.165) is 6.26 Å². The zero-order valence-electron chi connectivity index (χ0n) is 12.4. The number of esters is 1. The van der Waals surface area contributed by atoms with Gasteiger partial charge in [0.2, 0.25) is 5.76 Å². The number of furan rings is 1. The van der Waals surface area contributed by atoms with Gasteiger partial charge in [0.05, 0.1) is 12.0 Å². The molecule has 2 rings (SSSR count). The number of benzene rings is 1. The standard InChI is InChI=1S/C15H16O6S/c1-10(13-8-9-14(21-13)15(16)19-2)20-11-4-6-12(7-5-11)22(3,17)18/h4-10H,1-3H3. The highest BCUT2D eigenvalue weighted by Gasteiger charge is 2.16. The Labute approximate surface area is 128 Å². The molecule has 0 saturated carbocycles. The molecule has 118 valence electrons. The maximum Gasteiger partial charge on any atom is 0.373 e. The summed E-state index contributed by atoms with van der Waals surface area (Å²) in [6, 6.07) is 9.21. The number of carbonyl (C=O) groups excluding carboxylic acids is 1. The molecule has 0 aliphatic carbocycles. The van der Waals surface area contributed by atoms with E-state index < -0.39 is 21.9 Å². The average molecular weight is 324 g/mol. The number of methoxy groups -OCH3 is 1. The number of hydrogen-bond donors (Lipinski definition) is 0. The van der Waals surface area contributed by atoms with Crippen molar-refractivity contribution in [3.63, 3.8) is 0 Å². The molecule has 7 heteroatoms. The Morgan fingerprint density at radius 3 is 2.32 bits per heavy atom. The fourth-order valence-corrected chi connectivity index (χ4v) is 2.44. The normalized spacial score (nSPS) is 12.7. The molecular formula is C15H16O6S. The fraction of sp³-hybridized carbons (Fsp3) is 0.267. The number of sulfone groups is 1. The number of ether oxygens (including phenoxy) is 2. The van der Waals surface area contributed by atoms with Gasteiger partial charge >= 0.3 is 5.97 Å². The smallest absolute Gasteiger partial charge is 0.373 e. The van der Waals surface area contributed by atoms with Crippen molar-refractivity contribution in [3.8, 4) is 5.75 Å². The molecule has 22 heavy (non-hydrogen) atoms. The zero-order valence-corrected chi connectivity index (χ0v) is 13.2. The molecule has 1 aromatic carbocycles. The summed E-state index contributed by atoms with van der Waals surface area (Å²) in [5.41, 5.74) is 0. The molecule has 1 atom stereocenters. The summed E-state index contributed by atoms with van der Waals surface area (Å²) < 4.78 is 38.3. The van der Waals surface area contributed by atoms with E-state index in [1.807, 2.05) is 0 Å². The number of rotatable bonds is 5. The van der Waals surface area contributed by atoms with Crippen LogP contribution in [-0.2, 0) is 14.6 Å². The molecule has 1 aromatic heterocycles. The SMILES string of the molecule is COC(=O)c1ccc(C(C)Oc2ccc(S(C)(=O)=O)cc2)o1. The van der Waals surface area contributed by atoms with Gasteiger partial charge in [-0.25, -0.2) is 13.2 Å². The summed E-state index contributed by atoms with van der Waals surface area (Å²) in [6.45, 7) is 1.75. The third-order valence-corrected chi connectivity index (χ3v) is 4.11. The lowest BCUT2D eigenvalue weighted by atomic mass is 10.3. The Morgan fingerprint density at radius 2 is 1.77 bits per heavy atom. The van der Waals surface area contributed by atoms with Crippen molar-refractivity contribution in [1.29, 1.82) is 0 Å². The molecule has 1 unspecified atom stereocenters. The van der Waals surface area contributed by atoms with Gasteiger partial charge in [0, 0.05) is 6.26 Å². The summed E-state index contributed by atoms with van der Waals surface area (Å²) >= 11 is 0.